The average Bonchev–Trinajstić information content (AvgIpc) is 2.43. The minimum atomic E-state index is -0.757. The number of urea groups is 1. The van der Waals surface area contributed by atoms with E-state index >= 15 is 0 Å². The molecule has 0 aromatic heterocycles. The van der Waals surface area contributed by atoms with E-state index in [0.717, 1.165) is 19.5 Å². The molecule has 1 aliphatic heterocycles. The van der Waals surface area contributed by atoms with Crippen LogP contribution in [0, 0.1) is 5.41 Å². The summed E-state index contributed by atoms with van der Waals surface area (Å²) in [6, 6.07) is 0.0474. The number of rotatable bonds is 6. The summed E-state index contributed by atoms with van der Waals surface area (Å²) in [5.74, 6) is -0.757. The highest BCUT2D eigenvalue weighted by molar-refractivity contribution is 5.77. The number of hydrogen-bond donors (Lipinski definition) is 1. The fourth-order valence-corrected chi connectivity index (χ4v) is 2.50. The molecular weight excluding hydrogens is 270 g/mol. The van der Waals surface area contributed by atoms with Gasteiger partial charge in [0, 0.05) is 32.7 Å². The van der Waals surface area contributed by atoms with Crippen molar-refractivity contribution in [1.29, 1.82) is 0 Å². The van der Waals surface area contributed by atoms with E-state index in [4.69, 9.17) is 0 Å². The molecule has 0 aromatic carbocycles. The molecule has 21 heavy (non-hydrogen) atoms. The molecule has 6 heteroatoms. The molecule has 1 N–H and O–H groups in total. The fourth-order valence-electron chi connectivity index (χ4n) is 2.50. The zero-order chi connectivity index (χ0) is 16.0. The topological polar surface area (TPSA) is 64.1 Å². The van der Waals surface area contributed by atoms with Crippen LogP contribution in [0.3, 0.4) is 0 Å². The van der Waals surface area contributed by atoms with E-state index in [9.17, 15) is 14.7 Å². The van der Waals surface area contributed by atoms with Crippen LogP contribution in [0.25, 0.3) is 0 Å². The number of likely N-dealkylation sites (tertiary alicyclic amines) is 1. The second-order valence-corrected chi connectivity index (χ2v) is 6.43. The van der Waals surface area contributed by atoms with Crippen molar-refractivity contribution >= 4 is 12.0 Å². The molecule has 2 amide bonds. The number of amides is 2. The SMILES string of the molecule is CCCN(CCN(C)C)C(=O)N1CCC(C)(C(=O)O)CC1. The highest BCUT2D eigenvalue weighted by Gasteiger charge is 2.38. The van der Waals surface area contributed by atoms with E-state index in [1.54, 1.807) is 11.8 Å². The summed E-state index contributed by atoms with van der Waals surface area (Å²) in [4.78, 5) is 29.6. The largest absolute Gasteiger partial charge is 0.481 e. The van der Waals surface area contributed by atoms with Crippen LogP contribution in [0.15, 0.2) is 0 Å². The Kier molecular flexibility index (Phi) is 6.45. The number of piperidine rings is 1. The Morgan fingerprint density at radius 2 is 1.71 bits per heavy atom. The number of nitrogens with zero attached hydrogens (tertiary/aromatic N) is 3. The van der Waals surface area contributed by atoms with Crippen LogP contribution in [-0.2, 0) is 4.79 Å². The molecule has 0 bridgehead atoms. The maximum absolute atomic E-state index is 12.6. The summed E-state index contributed by atoms with van der Waals surface area (Å²) in [5, 5.41) is 9.24. The number of carbonyl (C=O) groups is 2. The van der Waals surface area contributed by atoms with Gasteiger partial charge in [0.25, 0.3) is 0 Å². The molecule has 122 valence electrons. The summed E-state index contributed by atoms with van der Waals surface area (Å²) >= 11 is 0. The third-order valence-electron chi connectivity index (χ3n) is 4.24. The number of carboxylic acid groups (broad SMARTS) is 1. The van der Waals surface area contributed by atoms with Gasteiger partial charge in [0.15, 0.2) is 0 Å². The molecule has 0 spiro atoms. The van der Waals surface area contributed by atoms with Crippen LogP contribution < -0.4 is 0 Å². The van der Waals surface area contributed by atoms with Crippen LogP contribution in [-0.4, -0.2) is 78.6 Å². The quantitative estimate of drug-likeness (QED) is 0.808. The minimum absolute atomic E-state index is 0.0474. The lowest BCUT2D eigenvalue weighted by Crippen LogP contribution is -2.51. The Morgan fingerprint density at radius 1 is 1.14 bits per heavy atom. The Morgan fingerprint density at radius 3 is 2.14 bits per heavy atom. The monoisotopic (exact) mass is 299 g/mol. The van der Waals surface area contributed by atoms with E-state index in [-0.39, 0.29) is 6.03 Å². The van der Waals surface area contributed by atoms with E-state index < -0.39 is 11.4 Å². The normalized spacial score (nSPS) is 17.9. The van der Waals surface area contributed by atoms with E-state index in [0.29, 0.717) is 32.5 Å². The van der Waals surface area contributed by atoms with E-state index in [1.807, 2.05) is 19.0 Å². The summed E-state index contributed by atoms with van der Waals surface area (Å²) in [6.45, 7) is 7.20. The Hall–Kier alpha value is -1.30. The summed E-state index contributed by atoms with van der Waals surface area (Å²) in [5.41, 5.74) is -0.685. The van der Waals surface area contributed by atoms with Crippen LogP contribution in [0.1, 0.15) is 33.1 Å². The lowest BCUT2D eigenvalue weighted by atomic mass is 9.80. The molecule has 1 saturated heterocycles. The van der Waals surface area contributed by atoms with Gasteiger partial charge >= 0.3 is 12.0 Å². The van der Waals surface area contributed by atoms with Crippen LogP contribution in [0.5, 0.6) is 0 Å². The zero-order valence-corrected chi connectivity index (χ0v) is 13.8. The third kappa shape index (κ3) is 4.88. The summed E-state index contributed by atoms with van der Waals surface area (Å²) < 4.78 is 0. The molecule has 6 nitrogen and oxygen atoms in total. The van der Waals surface area contributed by atoms with Crippen molar-refractivity contribution in [2.75, 3.05) is 46.8 Å². The molecule has 0 radical (unpaired) electrons. The van der Waals surface area contributed by atoms with E-state index in [1.165, 1.54) is 0 Å². The summed E-state index contributed by atoms with van der Waals surface area (Å²) in [6.07, 6.45) is 1.99. The van der Waals surface area contributed by atoms with Crippen molar-refractivity contribution in [2.45, 2.75) is 33.1 Å². The number of carboxylic acids is 1. The van der Waals surface area contributed by atoms with Crippen molar-refractivity contribution < 1.29 is 14.7 Å². The first-order valence-corrected chi connectivity index (χ1v) is 7.72. The van der Waals surface area contributed by atoms with Gasteiger partial charge in [0.1, 0.15) is 0 Å². The first-order chi connectivity index (χ1) is 9.80. The van der Waals surface area contributed by atoms with Gasteiger partial charge in [-0.1, -0.05) is 6.92 Å². The maximum atomic E-state index is 12.6. The van der Waals surface area contributed by atoms with Crippen LogP contribution in [0.4, 0.5) is 4.79 Å². The predicted octanol–water partition coefficient (Wildman–Crippen LogP) is 1.57. The lowest BCUT2D eigenvalue weighted by molar-refractivity contribution is -0.150. The lowest BCUT2D eigenvalue weighted by Gasteiger charge is -2.39. The molecular formula is C15H29N3O3. The highest BCUT2D eigenvalue weighted by Crippen LogP contribution is 2.31. The third-order valence-corrected chi connectivity index (χ3v) is 4.24. The standard InChI is InChI=1S/C15H29N3O3/c1-5-8-17(12-11-16(3)4)14(21)18-9-6-15(2,7-10-18)13(19)20/h5-12H2,1-4H3,(H,19,20). The molecule has 0 atom stereocenters. The number of carbonyl (C=O) groups excluding carboxylic acids is 1. The number of likely N-dealkylation sites (N-methyl/N-ethyl adjacent to an activating group) is 1. The van der Waals surface area contributed by atoms with Gasteiger partial charge < -0.3 is 19.8 Å². The minimum Gasteiger partial charge on any atom is -0.481 e. The van der Waals surface area contributed by atoms with Crippen LogP contribution in [0.2, 0.25) is 0 Å². The van der Waals surface area contributed by atoms with Crippen molar-refractivity contribution in [1.82, 2.24) is 14.7 Å². The molecule has 0 aromatic rings. The molecule has 1 fully saturated rings. The van der Waals surface area contributed by atoms with Gasteiger partial charge in [0.05, 0.1) is 5.41 Å². The first-order valence-electron chi connectivity index (χ1n) is 7.72. The fraction of sp³-hybridized carbons (Fsp3) is 0.867. The van der Waals surface area contributed by atoms with Gasteiger partial charge in [-0.2, -0.15) is 0 Å². The van der Waals surface area contributed by atoms with Gasteiger partial charge in [0.2, 0.25) is 0 Å². The first kappa shape index (κ1) is 17.8. The predicted molar refractivity (Wildman–Crippen MR) is 82.4 cm³/mol. The smallest absolute Gasteiger partial charge is 0.320 e. The maximum Gasteiger partial charge on any atom is 0.320 e. The number of hydrogen-bond acceptors (Lipinski definition) is 3. The molecule has 1 rings (SSSR count). The van der Waals surface area contributed by atoms with Crippen molar-refractivity contribution in [3.63, 3.8) is 0 Å². The van der Waals surface area contributed by atoms with Gasteiger partial charge in [-0.05, 0) is 40.3 Å². The molecule has 1 aliphatic rings. The second kappa shape index (κ2) is 7.64. The Labute approximate surface area is 127 Å². The molecule has 0 aliphatic carbocycles. The Balaban J connectivity index is 2.58. The molecule has 1 heterocycles. The zero-order valence-electron chi connectivity index (χ0n) is 13.8. The molecule has 0 saturated carbocycles. The van der Waals surface area contributed by atoms with Crippen molar-refractivity contribution in [3.05, 3.63) is 0 Å². The van der Waals surface area contributed by atoms with Crippen molar-refractivity contribution in [3.8, 4) is 0 Å². The van der Waals surface area contributed by atoms with Gasteiger partial charge in [-0.15, -0.1) is 0 Å². The summed E-state index contributed by atoms with van der Waals surface area (Å²) in [7, 11) is 3.99. The highest BCUT2D eigenvalue weighted by atomic mass is 16.4. The average molecular weight is 299 g/mol. The van der Waals surface area contributed by atoms with Gasteiger partial charge in [-0.3, -0.25) is 4.79 Å². The Bertz CT molecular complexity index is 363. The molecule has 0 unspecified atom stereocenters. The second-order valence-electron chi connectivity index (χ2n) is 6.43. The van der Waals surface area contributed by atoms with Crippen molar-refractivity contribution in [2.24, 2.45) is 5.41 Å². The van der Waals surface area contributed by atoms with Gasteiger partial charge in [-0.25, -0.2) is 4.79 Å². The number of aliphatic carboxylic acids is 1. The van der Waals surface area contributed by atoms with Crippen LogP contribution >= 0.6 is 0 Å². The van der Waals surface area contributed by atoms with E-state index in [2.05, 4.69) is 11.8 Å².